The lowest BCUT2D eigenvalue weighted by Crippen LogP contribution is -2.41. The van der Waals surface area contributed by atoms with Gasteiger partial charge >= 0.3 is 5.69 Å². The summed E-state index contributed by atoms with van der Waals surface area (Å²) in [4.78, 5) is 38.8. The minimum absolute atomic E-state index is 0.0141. The molecule has 1 amide bonds. The Morgan fingerprint density at radius 3 is 2.44 bits per heavy atom. The molecular formula is C18H21N3O4. The number of aromatic hydroxyl groups is 1. The molecule has 7 nitrogen and oxygen atoms in total. The highest BCUT2D eigenvalue weighted by Crippen LogP contribution is 2.20. The Kier molecular flexibility index (Phi) is 4.74. The van der Waals surface area contributed by atoms with Gasteiger partial charge in [0.05, 0.1) is 5.69 Å². The zero-order valence-corrected chi connectivity index (χ0v) is 14.0. The molecule has 0 aliphatic heterocycles. The number of hydrogen-bond donors (Lipinski definition) is 3. The fraction of sp³-hybridized carbons (Fsp3) is 0.389. The van der Waals surface area contributed by atoms with Gasteiger partial charge in [-0.15, -0.1) is 0 Å². The highest BCUT2D eigenvalue weighted by atomic mass is 16.3. The van der Waals surface area contributed by atoms with Gasteiger partial charge in [0.15, 0.2) is 5.56 Å². The van der Waals surface area contributed by atoms with Crippen LogP contribution in [0.4, 0.5) is 0 Å². The molecule has 1 aromatic carbocycles. The summed E-state index contributed by atoms with van der Waals surface area (Å²) in [6, 6.07) is 6.80. The summed E-state index contributed by atoms with van der Waals surface area (Å²) in [7, 11) is 0. The van der Waals surface area contributed by atoms with Crippen molar-refractivity contribution in [2.24, 2.45) is 0 Å². The number of nitrogens with zero attached hydrogens (tertiary/aromatic N) is 1. The van der Waals surface area contributed by atoms with Crippen LogP contribution in [0.3, 0.4) is 0 Å². The van der Waals surface area contributed by atoms with Gasteiger partial charge in [-0.1, -0.05) is 37.0 Å². The Morgan fingerprint density at radius 2 is 1.80 bits per heavy atom. The lowest BCUT2D eigenvalue weighted by Gasteiger charge is -2.22. The van der Waals surface area contributed by atoms with Crippen molar-refractivity contribution in [3.05, 3.63) is 56.2 Å². The fourth-order valence-corrected chi connectivity index (χ4v) is 3.17. The Labute approximate surface area is 144 Å². The molecule has 7 heteroatoms. The molecule has 25 heavy (non-hydrogen) atoms. The Hall–Kier alpha value is -2.83. The minimum Gasteiger partial charge on any atom is -0.493 e. The van der Waals surface area contributed by atoms with Crippen molar-refractivity contribution in [3.63, 3.8) is 0 Å². The van der Waals surface area contributed by atoms with Crippen LogP contribution in [0.5, 0.6) is 5.88 Å². The van der Waals surface area contributed by atoms with Gasteiger partial charge in [-0.2, -0.15) is 0 Å². The van der Waals surface area contributed by atoms with Crippen molar-refractivity contribution in [3.8, 4) is 11.6 Å². The lowest BCUT2D eigenvalue weighted by molar-refractivity contribution is 0.0922. The third-order valence-electron chi connectivity index (χ3n) is 4.55. The van der Waals surface area contributed by atoms with E-state index in [4.69, 9.17) is 0 Å². The average molecular weight is 343 g/mol. The number of H-pyrrole nitrogens is 1. The Bertz CT molecular complexity index is 890. The van der Waals surface area contributed by atoms with Crippen LogP contribution in [0.2, 0.25) is 0 Å². The van der Waals surface area contributed by atoms with Crippen LogP contribution < -0.4 is 16.6 Å². The van der Waals surface area contributed by atoms with Crippen molar-refractivity contribution in [1.29, 1.82) is 0 Å². The molecule has 1 saturated carbocycles. The lowest BCUT2D eigenvalue weighted by atomic mass is 9.95. The van der Waals surface area contributed by atoms with Crippen LogP contribution in [0.15, 0.2) is 33.9 Å². The SMILES string of the molecule is Cc1ccc(-n2c(O)c(C(=O)NC3CCCCC3)c(=O)[nH]c2=O)cc1. The predicted octanol–water partition coefficient (Wildman–Crippen LogP) is 1.60. The maximum absolute atomic E-state index is 12.5. The monoisotopic (exact) mass is 343 g/mol. The standard InChI is InChI=1S/C18H21N3O4/c1-11-7-9-13(10-8-11)21-17(24)14(16(23)20-18(21)25)15(22)19-12-5-3-2-4-6-12/h7-10,12,24H,2-6H2,1H3,(H,19,22)(H,20,23,25). The molecule has 0 saturated heterocycles. The molecule has 1 fully saturated rings. The van der Waals surface area contributed by atoms with Crippen LogP contribution in [0.25, 0.3) is 5.69 Å². The fourth-order valence-electron chi connectivity index (χ4n) is 3.17. The van der Waals surface area contributed by atoms with Crippen LogP contribution in [0.1, 0.15) is 48.0 Å². The smallest absolute Gasteiger partial charge is 0.335 e. The minimum atomic E-state index is -0.890. The molecule has 0 atom stereocenters. The third kappa shape index (κ3) is 3.50. The van der Waals surface area contributed by atoms with Gasteiger partial charge in [-0.3, -0.25) is 14.6 Å². The number of rotatable bonds is 3. The number of aryl methyl sites for hydroxylation is 1. The molecule has 0 spiro atoms. The van der Waals surface area contributed by atoms with Crippen molar-refractivity contribution in [2.45, 2.75) is 45.1 Å². The summed E-state index contributed by atoms with van der Waals surface area (Å²) in [6.07, 6.45) is 4.88. The first kappa shape index (κ1) is 17.0. The number of carbonyl (C=O) groups is 1. The van der Waals surface area contributed by atoms with E-state index in [1.54, 1.807) is 24.3 Å². The van der Waals surface area contributed by atoms with Gasteiger partial charge in [0.1, 0.15) is 0 Å². The van der Waals surface area contributed by atoms with Crippen LogP contribution in [-0.4, -0.2) is 26.6 Å². The molecule has 1 aliphatic rings. The predicted molar refractivity (Wildman–Crippen MR) is 93.4 cm³/mol. The molecule has 0 bridgehead atoms. The van der Waals surface area contributed by atoms with E-state index in [-0.39, 0.29) is 6.04 Å². The summed E-state index contributed by atoms with van der Waals surface area (Å²) >= 11 is 0. The van der Waals surface area contributed by atoms with Crippen molar-refractivity contribution < 1.29 is 9.90 Å². The topological polar surface area (TPSA) is 104 Å². The third-order valence-corrected chi connectivity index (χ3v) is 4.55. The van der Waals surface area contributed by atoms with E-state index in [1.165, 1.54) is 0 Å². The summed E-state index contributed by atoms with van der Waals surface area (Å²) in [5.41, 5.74) is -0.766. The molecule has 3 N–H and O–H groups in total. The van der Waals surface area contributed by atoms with Gasteiger partial charge < -0.3 is 10.4 Å². The normalized spacial score (nSPS) is 15.1. The van der Waals surface area contributed by atoms with Gasteiger partial charge in [0.2, 0.25) is 5.88 Å². The van der Waals surface area contributed by atoms with Crippen molar-refractivity contribution in [1.82, 2.24) is 14.9 Å². The largest absolute Gasteiger partial charge is 0.493 e. The van der Waals surface area contributed by atoms with Crippen LogP contribution in [0, 0.1) is 6.92 Å². The molecular weight excluding hydrogens is 322 g/mol. The van der Waals surface area contributed by atoms with Crippen LogP contribution >= 0.6 is 0 Å². The van der Waals surface area contributed by atoms with E-state index in [1.807, 2.05) is 6.92 Å². The molecule has 1 heterocycles. The number of aromatic amines is 1. The molecule has 132 valence electrons. The van der Waals surface area contributed by atoms with Crippen molar-refractivity contribution >= 4 is 5.91 Å². The second kappa shape index (κ2) is 6.96. The number of benzene rings is 1. The second-order valence-corrected chi connectivity index (χ2v) is 6.44. The summed E-state index contributed by atoms with van der Waals surface area (Å²) in [6.45, 7) is 1.89. The van der Waals surface area contributed by atoms with E-state index < -0.39 is 28.6 Å². The van der Waals surface area contributed by atoms with E-state index in [2.05, 4.69) is 10.3 Å². The Morgan fingerprint density at radius 1 is 1.16 bits per heavy atom. The quantitative estimate of drug-likeness (QED) is 0.787. The summed E-state index contributed by atoms with van der Waals surface area (Å²) < 4.78 is 0.927. The number of aromatic nitrogens is 2. The van der Waals surface area contributed by atoms with Crippen LogP contribution in [-0.2, 0) is 0 Å². The number of nitrogens with one attached hydrogen (secondary N) is 2. The Balaban J connectivity index is 2.00. The number of hydrogen-bond acceptors (Lipinski definition) is 4. The zero-order valence-electron chi connectivity index (χ0n) is 14.0. The van der Waals surface area contributed by atoms with Crippen molar-refractivity contribution in [2.75, 3.05) is 0 Å². The van der Waals surface area contributed by atoms with E-state index >= 15 is 0 Å². The van der Waals surface area contributed by atoms with Gasteiger partial charge in [-0.05, 0) is 31.9 Å². The first-order valence-corrected chi connectivity index (χ1v) is 8.43. The second-order valence-electron chi connectivity index (χ2n) is 6.44. The molecule has 0 radical (unpaired) electrons. The highest BCUT2D eigenvalue weighted by Gasteiger charge is 2.24. The van der Waals surface area contributed by atoms with E-state index in [9.17, 15) is 19.5 Å². The number of carbonyl (C=O) groups excluding carboxylic acids is 1. The molecule has 1 aromatic heterocycles. The number of amides is 1. The highest BCUT2D eigenvalue weighted by molar-refractivity contribution is 5.96. The molecule has 1 aliphatic carbocycles. The first-order valence-electron chi connectivity index (χ1n) is 8.43. The van der Waals surface area contributed by atoms with Gasteiger partial charge in [-0.25, -0.2) is 9.36 Å². The molecule has 0 unspecified atom stereocenters. The molecule has 3 rings (SSSR count). The van der Waals surface area contributed by atoms with Gasteiger partial charge in [0, 0.05) is 6.04 Å². The zero-order chi connectivity index (χ0) is 18.0. The molecule has 2 aromatic rings. The maximum Gasteiger partial charge on any atom is 0.335 e. The van der Waals surface area contributed by atoms with E-state index in [0.717, 1.165) is 42.2 Å². The average Bonchev–Trinajstić information content (AvgIpc) is 2.57. The van der Waals surface area contributed by atoms with Gasteiger partial charge in [0.25, 0.3) is 11.5 Å². The van der Waals surface area contributed by atoms with E-state index in [0.29, 0.717) is 5.69 Å². The first-order chi connectivity index (χ1) is 12.0. The summed E-state index contributed by atoms with van der Waals surface area (Å²) in [5, 5.41) is 13.2. The summed E-state index contributed by atoms with van der Waals surface area (Å²) in [5.74, 6) is -1.31. The maximum atomic E-state index is 12.5.